The van der Waals surface area contributed by atoms with Gasteiger partial charge in [0, 0.05) is 23.0 Å². The average Bonchev–Trinajstić information content (AvgIpc) is 3.05. The number of carboxylic acid groups (broad SMARTS) is 1. The molecule has 1 amide bonds. The van der Waals surface area contributed by atoms with Crippen LogP contribution in [-0.2, 0) is 4.79 Å². The van der Waals surface area contributed by atoms with E-state index in [9.17, 15) is 19.1 Å². The minimum atomic E-state index is -1.11. The molecule has 0 aliphatic heterocycles. The SMILES string of the molecule is C=C(CF)C(=O)Nc1cccc(-c2ncnc3[nH]cc(C(=O)O)c23)c1. The fourth-order valence-electron chi connectivity index (χ4n) is 2.37. The van der Waals surface area contributed by atoms with Crippen molar-refractivity contribution in [3.8, 4) is 11.3 Å². The van der Waals surface area contributed by atoms with Crippen molar-refractivity contribution < 1.29 is 19.1 Å². The van der Waals surface area contributed by atoms with Crippen LogP contribution in [-0.4, -0.2) is 38.6 Å². The summed E-state index contributed by atoms with van der Waals surface area (Å²) < 4.78 is 12.5. The number of fused-ring (bicyclic) bond motifs is 1. The van der Waals surface area contributed by atoms with E-state index < -0.39 is 18.6 Å². The number of amides is 1. The van der Waals surface area contributed by atoms with E-state index in [0.29, 0.717) is 28.0 Å². The van der Waals surface area contributed by atoms with E-state index >= 15 is 0 Å². The van der Waals surface area contributed by atoms with Crippen molar-refractivity contribution in [2.75, 3.05) is 12.0 Å². The third-order valence-corrected chi connectivity index (χ3v) is 3.58. The number of carboxylic acids is 1. The summed E-state index contributed by atoms with van der Waals surface area (Å²) in [6, 6.07) is 6.63. The van der Waals surface area contributed by atoms with Gasteiger partial charge in [-0.3, -0.25) is 4.79 Å². The number of nitrogens with zero attached hydrogens (tertiary/aromatic N) is 2. The van der Waals surface area contributed by atoms with Crippen LogP contribution in [0.5, 0.6) is 0 Å². The molecule has 0 saturated heterocycles. The highest BCUT2D eigenvalue weighted by Gasteiger charge is 2.17. The van der Waals surface area contributed by atoms with E-state index in [0.717, 1.165) is 0 Å². The summed E-state index contributed by atoms with van der Waals surface area (Å²) in [6.07, 6.45) is 2.66. The van der Waals surface area contributed by atoms with Gasteiger partial charge in [0.1, 0.15) is 18.6 Å². The maximum absolute atomic E-state index is 12.5. The number of benzene rings is 1. The van der Waals surface area contributed by atoms with Crippen LogP contribution in [0.2, 0.25) is 0 Å². The number of halogens is 1. The van der Waals surface area contributed by atoms with Crippen molar-refractivity contribution in [3.63, 3.8) is 0 Å². The Balaban J connectivity index is 2.06. The second-order valence-electron chi connectivity index (χ2n) is 5.23. The predicted octanol–water partition coefficient (Wildman–Crippen LogP) is 2.79. The predicted molar refractivity (Wildman–Crippen MR) is 90.0 cm³/mol. The van der Waals surface area contributed by atoms with Crippen molar-refractivity contribution in [1.82, 2.24) is 15.0 Å². The Labute approximate surface area is 141 Å². The first-order valence-corrected chi connectivity index (χ1v) is 7.22. The second-order valence-corrected chi connectivity index (χ2v) is 5.23. The molecule has 1 aromatic carbocycles. The van der Waals surface area contributed by atoms with Gasteiger partial charge in [-0.05, 0) is 12.1 Å². The lowest BCUT2D eigenvalue weighted by Crippen LogP contribution is -2.14. The van der Waals surface area contributed by atoms with Gasteiger partial charge < -0.3 is 15.4 Å². The quantitative estimate of drug-likeness (QED) is 0.619. The molecular weight excluding hydrogens is 327 g/mol. The van der Waals surface area contributed by atoms with Gasteiger partial charge >= 0.3 is 5.97 Å². The summed E-state index contributed by atoms with van der Waals surface area (Å²) >= 11 is 0. The van der Waals surface area contributed by atoms with E-state index in [-0.39, 0.29) is 11.1 Å². The minimum absolute atomic E-state index is 0.0471. The van der Waals surface area contributed by atoms with Crippen LogP contribution in [0.25, 0.3) is 22.3 Å². The normalized spacial score (nSPS) is 10.6. The maximum Gasteiger partial charge on any atom is 0.338 e. The topological polar surface area (TPSA) is 108 Å². The molecule has 3 rings (SSSR count). The Morgan fingerprint density at radius 2 is 2.12 bits per heavy atom. The highest BCUT2D eigenvalue weighted by Crippen LogP contribution is 2.29. The molecule has 0 radical (unpaired) electrons. The molecule has 0 atom stereocenters. The molecule has 2 aromatic heterocycles. The molecule has 7 nitrogen and oxygen atoms in total. The molecule has 25 heavy (non-hydrogen) atoms. The Kier molecular flexibility index (Phi) is 4.25. The molecule has 0 fully saturated rings. The summed E-state index contributed by atoms with van der Waals surface area (Å²) in [4.78, 5) is 34.1. The number of carbonyl (C=O) groups is 2. The van der Waals surface area contributed by atoms with Crippen LogP contribution in [0.15, 0.2) is 48.9 Å². The number of nitrogens with one attached hydrogen (secondary N) is 2. The molecule has 2 heterocycles. The highest BCUT2D eigenvalue weighted by atomic mass is 19.1. The molecule has 0 aliphatic rings. The van der Waals surface area contributed by atoms with Gasteiger partial charge in [0.15, 0.2) is 0 Å². The van der Waals surface area contributed by atoms with Gasteiger partial charge in [-0.2, -0.15) is 0 Å². The molecule has 126 valence electrons. The van der Waals surface area contributed by atoms with Crippen molar-refractivity contribution in [1.29, 1.82) is 0 Å². The van der Waals surface area contributed by atoms with Crippen LogP contribution in [0.1, 0.15) is 10.4 Å². The fourth-order valence-corrected chi connectivity index (χ4v) is 2.37. The second kappa shape index (κ2) is 6.52. The van der Waals surface area contributed by atoms with Crippen molar-refractivity contribution in [2.45, 2.75) is 0 Å². The zero-order valence-corrected chi connectivity index (χ0v) is 12.9. The van der Waals surface area contributed by atoms with Crippen LogP contribution < -0.4 is 5.32 Å². The summed E-state index contributed by atoms with van der Waals surface area (Å²) in [5.74, 6) is -1.73. The smallest absolute Gasteiger partial charge is 0.338 e. The van der Waals surface area contributed by atoms with Crippen LogP contribution in [0.3, 0.4) is 0 Å². The molecule has 0 bridgehead atoms. The standard InChI is InChI=1S/C17H13FN4O3/c1-9(6-18)16(23)22-11-4-2-3-10(5-11)14-13-12(17(24)25)7-19-15(13)21-8-20-14/h2-5,7-8H,1,6H2,(H,22,23)(H,24,25)(H,19,20,21). The van der Waals surface area contributed by atoms with E-state index in [1.54, 1.807) is 24.3 Å². The Bertz CT molecular complexity index is 996. The zero-order chi connectivity index (χ0) is 18.0. The lowest BCUT2D eigenvalue weighted by molar-refractivity contribution is -0.113. The van der Waals surface area contributed by atoms with E-state index in [2.05, 4.69) is 26.8 Å². The lowest BCUT2D eigenvalue weighted by atomic mass is 10.1. The molecule has 3 N–H and O–H groups in total. The maximum atomic E-state index is 12.5. The summed E-state index contributed by atoms with van der Waals surface area (Å²) in [5, 5.41) is 12.2. The van der Waals surface area contributed by atoms with Gasteiger partial charge in [-0.15, -0.1) is 0 Å². The first kappa shape index (κ1) is 16.3. The van der Waals surface area contributed by atoms with Crippen molar-refractivity contribution >= 4 is 28.6 Å². The molecule has 8 heteroatoms. The van der Waals surface area contributed by atoms with E-state index in [1.165, 1.54) is 12.5 Å². The monoisotopic (exact) mass is 340 g/mol. The molecule has 0 unspecified atom stereocenters. The highest BCUT2D eigenvalue weighted by molar-refractivity contribution is 6.08. The zero-order valence-electron chi connectivity index (χ0n) is 12.9. The third kappa shape index (κ3) is 3.09. The number of anilines is 1. The Morgan fingerprint density at radius 1 is 1.32 bits per heavy atom. The molecule has 3 aromatic rings. The van der Waals surface area contributed by atoms with Crippen molar-refractivity contribution in [2.24, 2.45) is 0 Å². The molecule has 0 saturated carbocycles. The Morgan fingerprint density at radius 3 is 2.84 bits per heavy atom. The summed E-state index contributed by atoms with van der Waals surface area (Å²) in [7, 11) is 0. The summed E-state index contributed by atoms with van der Waals surface area (Å²) in [6.45, 7) is 2.40. The summed E-state index contributed by atoms with van der Waals surface area (Å²) in [5.41, 5.74) is 1.65. The van der Waals surface area contributed by atoms with E-state index in [1.807, 2.05) is 0 Å². The number of H-pyrrole nitrogens is 1. The van der Waals surface area contributed by atoms with Crippen LogP contribution in [0, 0.1) is 0 Å². The average molecular weight is 340 g/mol. The lowest BCUT2D eigenvalue weighted by Gasteiger charge is -2.08. The first-order valence-electron chi connectivity index (χ1n) is 7.22. The van der Waals surface area contributed by atoms with Gasteiger partial charge in [-0.1, -0.05) is 18.7 Å². The number of rotatable bonds is 5. The number of aromatic nitrogens is 3. The number of carbonyl (C=O) groups excluding carboxylic acids is 1. The van der Waals surface area contributed by atoms with Crippen LogP contribution >= 0.6 is 0 Å². The minimum Gasteiger partial charge on any atom is -0.478 e. The number of alkyl halides is 1. The number of hydrogen-bond acceptors (Lipinski definition) is 4. The van der Waals surface area contributed by atoms with Crippen molar-refractivity contribution in [3.05, 3.63) is 54.5 Å². The molecular formula is C17H13FN4O3. The first-order chi connectivity index (χ1) is 12.0. The number of aromatic amines is 1. The van der Waals surface area contributed by atoms with Gasteiger partial charge in [0.05, 0.1) is 16.6 Å². The molecule has 0 aliphatic carbocycles. The van der Waals surface area contributed by atoms with Gasteiger partial charge in [0.25, 0.3) is 5.91 Å². The Hall–Kier alpha value is -3.55. The largest absolute Gasteiger partial charge is 0.478 e. The van der Waals surface area contributed by atoms with Crippen LogP contribution in [0.4, 0.5) is 10.1 Å². The number of hydrogen-bond donors (Lipinski definition) is 3. The third-order valence-electron chi connectivity index (χ3n) is 3.58. The van der Waals surface area contributed by atoms with E-state index in [4.69, 9.17) is 0 Å². The molecule has 0 spiro atoms. The van der Waals surface area contributed by atoms with Gasteiger partial charge in [0.2, 0.25) is 0 Å². The van der Waals surface area contributed by atoms with Gasteiger partial charge in [-0.25, -0.2) is 19.2 Å². The fraction of sp³-hybridized carbons (Fsp3) is 0.0588. The number of aromatic carboxylic acids is 1.